The molecule has 0 aromatic carbocycles. The van der Waals surface area contributed by atoms with Crippen LogP contribution in [-0.2, 0) is 0 Å². The second-order valence-corrected chi connectivity index (χ2v) is 5.96. The van der Waals surface area contributed by atoms with E-state index < -0.39 is 0 Å². The van der Waals surface area contributed by atoms with Crippen LogP contribution in [0, 0.1) is 6.92 Å². The summed E-state index contributed by atoms with van der Waals surface area (Å²) in [7, 11) is 3.64. The molecule has 1 atom stereocenters. The highest BCUT2D eigenvalue weighted by atomic mass is 16.5. The van der Waals surface area contributed by atoms with Crippen molar-refractivity contribution in [3.63, 3.8) is 0 Å². The maximum absolute atomic E-state index is 12.4. The van der Waals surface area contributed by atoms with Crippen LogP contribution in [0.4, 0.5) is 5.95 Å². The summed E-state index contributed by atoms with van der Waals surface area (Å²) >= 11 is 0. The number of nitrogens with one attached hydrogen (secondary N) is 1. The second kappa shape index (κ2) is 5.86. The molecule has 23 heavy (non-hydrogen) atoms. The molecule has 1 saturated heterocycles. The Morgan fingerprint density at radius 3 is 2.87 bits per heavy atom. The normalized spacial score (nSPS) is 17.5. The minimum absolute atomic E-state index is 0.0453. The molecule has 0 saturated carbocycles. The molecule has 2 aromatic rings. The number of carbonyl (C=O) groups excluding carboxylic acids is 1. The molecule has 0 radical (unpaired) electrons. The molecule has 122 valence electrons. The van der Waals surface area contributed by atoms with Crippen molar-refractivity contribution in [3.05, 3.63) is 39.6 Å². The van der Waals surface area contributed by atoms with E-state index >= 15 is 0 Å². The third kappa shape index (κ3) is 3.10. The number of H-pyrrole nitrogens is 1. The summed E-state index contributed by atoms with van der Waals surface area (Å²) in [6, 6.07) is 3.13. The van der Waals surface area contributed by atoms with Crippen LogP contribution >= 0.6 is 0 Å². The molecule has 1 aliphatic rings. The zero-order valence-corrected chi connectivity index (χ0v) is 13.4. The van der Waals surface area contributed by atoms with Crippen molar-refractivity contribution in [2.24, 2.45) is 0 Å². The highest BCUT2D eigenvalue weighted by Crippen LogP contribution is 2.27. The number of amides is 1. The van der Waals surface area contributed by atoms with Gasteiger partial charge in [0.15, 0.2) is 0 Å². The molecular formula is C15H19N5O3. The fourth-order valence-electron chi connectivity index (χ4n) is 2.69. The molecule has 1 N–H and O–H groups in total. The highest BCUT2D eigenvalue weighted by molar-refractivity contribution is 5.91. The van der Waals surface area contributed by atoms with Gasteiger partial charge in [0.25, 0.3) is 11.5 Å². The Morgan fingerprint density at radius 2 is 2.22 bits per heavy atom. The van der Waals surface area contributed by atoms with E-state index in [2.05, 4.69) is 15.1 Å². The van der Waals surface area contributed by atoms with Crippen molar-refractivity contribution in [3.8, 4) is 0 Å². The van der Waals surface area contributed by atoms with Gasteiger partial charge in [0, 0.05) is 45.2 Å². The maximum Gasteiger partial charge on any atom is 0.292 e. The number of rotatable bonds is 3. The minimum atomic E-state index is -0.186. The number of aryl methyl sites for hydroxylation is 1. The SMILES string of the molecule is Cc1cc(C(=O)N2CC[C@@H](c3cc(=O)[nH]c(N(C)C)n3)C2)on1. The Balaban J connectivity index is 1.77. The zero-order chi connectivity index (χ0) is 16.6. The van der Waals surface area contributed by atoms with E-state index in [9.17, 15) is 9.59 Å². The van der Waals surface area contributed by atoms with Gasteiger partial charge in [-0.2, -0.15) is 0 Å². The topological polar surface area (TPSA) is 95.3 Å². The quantitative estimate of drug-likeness (QED) is 0.898. The van der Waals surface area contributed by atoms with Crippen LogP contribution in [0.15, 0.2) is 21.5 Å². The lowest BCUT2D eigenvalue weighted by atomic mass is 10.1. The van der Waals surface area contributed by atoms with Crippen molar-refractivity contribution < 1.29 is 9.32 Å². The minimum Gasteiger partial charge on any atom is -0.351 e. The summed E-state index contributed by atoms with van der Waals surface area (Å²) in [6.07, 6.45) is 0.766. The molecular weight excluding hydrogens is 298 g/mol. The van der Waals surface area contributed by atoms with Gasteiger partial charge in [-0.15, -0.1) is 0 Å². The number of aromatic amines is 1. The summed E-state index contributed by atoms with van der Waals surface area (Å²) in [5.74, 6) is 0.633. The average molecular weight is 317 g/mol. The predicted octanol–water partition coefficient (Wildman–Crippen LogP) is 0.762. The number of hydrogen-bond acceptors (Lipinski definition) is 6. The third-order valence-electron chi connectivity index (χ3n) is 3.91. The van der Waals surface area contributed by atoms with Crippen molar-refractivity contribution in [2.75, 3.05) is 32.1 Å². The molecule has 1 fully saturated rings. The number of hydrogen-bond donors (Lipinski definition) is 1. The first-order valence-electron chi connectivity index (χ1n) is 7.45. The van der Waals surface area contributed by atoms with E-state index in [1.807, 2.05) is 14.1 Å². The second-order valence-electron chi connectivity index (χ2n) is 5.96. The van der Waals surface area contributed by atoms with Crippen LogP contribution in [0.1, 0.15) is 34.3 Å². The first-order valence-corrected chi connectivity index (χ1v) is 7.45. The number of aromatic nitrogens is 3. The lowest BCUT2D eigenvalue weighted by Crippen LogP contribution is -2.28. The summed E-state index contributed by atoms with van der Waals surface area (Å²) in [6.45, 7) is 2.90. The van der Waals surface area contributed by atoms with E-state index in [1.165, 1.54) is 6.07 Å². The van der Waals surface area contributed by atoms with Gasteiger partial charge in [-0.25, -0.2) is 4.98 Å². The van der Waals surface area contributed by atoms with Crippen molar-refractivity contribution in [2.45, 2.75) is 19.3 Å². The largest absolute Gasteiger partial charge is 0.351 e. The lowest BCUT2D eigenvalue weighted by Gasteiger charge is -2.16. The number of carbonyl (C=O) groups is 1. The molecule has 0 bridgehead atoms. The van der Waals surface area contributed by atoms with E-state index in [-0.39, 0.29) is 23.1 Å². The Bertz CT molecular complexity index is 779. The molecule has 2 aromatic heterocycles. The molecule has 1 aliphatic heterocycles. The molecule has 3 rings (SSSR count). The van der Waals surface area contributed by atoms with Gasteiger partial charge in [-0.1, -0.05) is 5.16 Å². The molecule has 0 aliphatic carbocycles. The number of nitrogens with zero attached hydrogens (tertiary/aromatic N) is 4. The highest BCUT2D eigenvalue weighted by Gasteiger charge is 2.31. The standard InChI is InChI=1S/C15H19N5O3/c1-9-6-12(23-18-9)14(22)20-5-4-10(8-20)11-7-13(21)17-15(16-11)19(2)3/h6-7,10H,4-5,8H2,1-3H3,(H,16,17,21)/t10-/m1/s1. The van der Waals surface area contributed by atoms with Gasteiger partial charge in [0.1, 0.15) is 0 Å². The Labute approximate surface area is 133 Å². The summed E-state index contributed by atoms with van der Waals surface area (Å²) in [5, 5.41) is 3.74. The summed E-state index contributed by atoms with van der Waals surface area (Å²) in [5.41, 5.74) is 1.20. The van der Waals surface area contributed by atoms with Gasteiger partial charge >= 0.3 is 0 Å². The number of anilines is 1. The zero-order valence-electron chi connectivity index (χ0n) is 13.4. The molecule has 8 heteroatoms. The van der Waals surface area contributed by atoms with Crippen LogP contribution in [-0.4, -0.2) is 53.1 Å². The fraction of sp³-hybridized carbons (Fsp3) is 0.467. The van der Waals surface area contributed by atoms with Crippen LogP contribution < -0.4 is 10.5 Å². The molecule has 1 amide bonds. The monoisotopic (exact) mass is 317 g/mol. The van der Waals surface area contributed by atoms with E-state index in [1.54, 1.807) is 22.8 Å². The predicted molar refractivity (Wildman–Crippen MR) is 83.7 cm³/mol. The molecule has 8 nitrogen and oxygen atoms in total. The maximum atomic E-state index is 12.4. The Morgan fingerprint density at radius 1 is 1.43 bits per heavy atom. The summed E-state index contributed by atoms with van der Waals surface area (Å²) in [4.78, 5) is 34.8. The van der Waals surface area contributed by atoms with E-state index in [4.69, 9.17) is 4.52 Å². The molecule has 0 spiro atoms. The fourth-order valence-corrected chi connectivity index (χ4v) is 2.69. The van der Waals surface area contributed by atoms with Gasteiger partial charge < -0.3 is 14.3 Å². The smallest absolute Gasteiger partial charge is 0.292 e. The van der Waals surface area contributed by atoms with E-state index in [0.29, 0.717) is 30.4 Å². The molecule has 3 heterocycles. The van der Waals surface area contributed by atoms with E-state index in [0.717, 1.165) is 6.42 Å². The first-order chi connectivity index (χ1) is 10.9. The van der Waals surface area contributed by atoms with Crippen LogP contribution in [0.5, 0.6) is 0 Å². The van der Waals surface area contributed by atoms with Gasteiger partial charge in [-0.3, -0.25) is 14.6 Å². The van der Waals surface area contributed by atoms with Crippen molar-refractivity contribution >= 4 is 11.9 Å². The van der Waals surface area contributed by atoms with Gasteiger partial charge in [-0.05, 0) is 13.3 Å². The number of likely N-dealkylation sites (tertiary alicyclic amines) is 1. The Hall–Kier alpha value is -2.64. The van der Waals surface area contributed by atoms with Crippen LogP contribution in [0.25, 0.3) is 0 Å². The van der Waals surface area contributed by atoms with Gasteiger partial charge in [0.05, 0.1) is 11.4 Å². The summed E-state index contributed by atoms with van der Waals surface area (Å²) < 4.78 is 5.03. The van der Waals surface area contributed by atoms with Crippen LogP contribution in [0.3, 0.4) is 0 Å². The lowest BCUT2D eigenvalue weighted by molar-refractivity contribution is 0.0749. The van der Waals surface area contributed by atoms with Crippen LogP contribution in [0.2, 0.25) is 0 Å². The van der Waals surface area contributed by atoms with Crippen molar-refractivity contribution in [1.29, 1.82) is 0 Å². The average Bonchev–Trinajstić information content (AvgIpc) is 3.15. The van der Waals surface area contributed by atoms with Gasteiger partial charge in [0.2, 0.25) is 11.7 Å². The van der Waals surface area contributed by atoms with Crippen molar-refractivity contribution in [1.82, 2.24) is 20.0 Å². The third-order valence-corrected chi connectivity index (χ3v) is 3.91. The first kappa shape index (κ1) is 15.3. The molecule has 0 unspecified atom stereocenters. The Kier molecular flexibility index (Phi) is 3.89.